The Balaban J connectivity index is 2.24. The Hall–Kier alpha value is -0.260. The van der Waals surface area contributed by atoms with Crippen molar-refractivity contribution in [3.05, 3.63) is 0 Å². The van der Waals surface area contributed by atoms with Crippen LogP contribution in [0.3, 0.4) is 0 Å². The molecule has 4 N–H and O–H groups in total. The number of carbonyl (C=O) groups excluding carboxylic acids is 1. The standard InChI is InChI=1S/C11H22N2O2S/c1-10(15,8-16-2)7-13-9(14)6-11(12)4-3-5-11/h15H,3-8,12H2,1-2H3,(H,13,14). The van der Waals surface area contributed by atoms with Gasteiger partial charge in [0.1, 0.15) is 0 Å². The molecule has 0 aromatic carbocycles. The van der Waals surface area contributed by atoms with Crippen LogP contribution >= 0.6 is 11.8 Å². The molecule has 0 saturated heterocycles. The first kappa shape index (κ1) is 13.8. The molecule has 0 radical (unpaired) electrons. The number of aliphatic hydroxyl groups is 1. The zero-order valence-corrected chi connectivity index (χ0v) is 10.9. The summed E-state index contributed by atoms with van der Waals surface area (Å²) in [5.41, 5.74) is 4.86. The third kappa shape index (κ3) is 4.31. The highest BCUT2D eigenvalue weighted by atomic mass is 32.2. The summed E-state index contributed by atoms with van der Waals surface area (Å²) >= 11 is 1.56. The molecule has 1 unspecified atom stereocenters. The van der Waals surface area contributed by atoms with Crippen LogP contribution in [0.25, 0.3) is 0 Å². The summed E-state index contributed by atoms with van der Waals surface area (Å²) in [6.45, 7) is 2.02. The molecule has 0 heterocycles. The minimum absolute atomic E-state index is 0.0522. The highest BCUT2D eigenvalue weighted by Crippen LogP contribution is 2.31. The van der Waals surface area contributed by atoms with Gasteiger partial charge in [0.15, 0.2) is 0 Å². The van der Waals surface area contributed by atoms with Gasteiger partial charge < -0.3 is 16.2 Å². The van der Waals surface area contributed by atoms with Crippen LogP contribution in [0.15, 0.2) is 0 Å². The SMILES string of the molecule is CSCC(C)(O)CNC(=O)CC1(N)CCC1. The molecule has 0 aliphatic heterocycles. The Morgan fingerprint density at radius 1 is 1.62 bits per heavy atom. The van der Waals surface area contributed by atoms with E-state index in [4.69, 9.17) is 5.73 Å². The third-order valence-electron chi connectivity index (χ3n) is 2.98. The summed E-state index contributed by atoms with van der Waals surface area (Å²) in [4.78, 5) is 11.6. The van der Waals surface area contributed by atoms with Crippen molar-refractivity contribution < 1.29 is 9.90 Å². The van der Waals surface area contributed by atoms with Crippen molar-refractivity contribution in [3.63, 3.8) is 0 Å². The molecule has 1 fully saturated rings. The van der Waals surface area contributed by atoms with Crippen molar-refractivity contribution in [2.45, 2.75) is 43.7 Å². The molecule has 16 heavy (non-hydrogen) atoms. The Morgan fingerprint density at radius 3 is 2.69 bits per heavy atom. The third-order valence-corrected chi connectivity index (χ3v) is 3.89. The molecular weight excluding hydrogens is 224 g/mol. The lowest BCUT2D eigenvalue weighted by molar-refractivity contribution is -0.124. The number of nitrogens with two attached hydrogens (primary N) is 1. The predicted molar refractivity (Wildman–Crippen MR) is 67.4 cm³/mol. The Bertz CT molecular complexity index is 252. The van der Waals surface area contributed by atoms with E-state index in [0.29, 0.717) is 18.7 Å². The van der Waals surface area contributed by atoms with E-state index in [9.17, 15) is 9.90 Å². The molecule has 94 valence electrons. The molecule has 0 aromatic heterocycles. The summed E-state index contributed by atoms with van der Waals surface area (Å²) in [5, 5.41) is 12.6. The summed E-state index contributed by atoms with van der Waals surface area (Å²) in [6, 6.07) is 0. The van der Waals surface area contributed by atoms with Crippen LogP contribution in [0.2, 0.25) is 0 Å². The van der Waals surface area contributed by atoms with Crippen LogP contribution in [0.1, 0.15) is 32.6 Å². The monoisotopic (exact) mass is 246 g/mol. The Kier molecular flexibility index (Phi) is 4.64. The molecule has 0 aromatic rings. The Labute approximate surface area is 101 Å². The lowest BCUT2D eigenvalue weighted by atomic mass is 9.75. The quantitative estimate of drug-likeness (QED) is 0.637. The van der Waals surface area contributed by atoms with Crippen molar-refractivity contribution in [2.75, 3.05) is 18.6 Å². The molecule has 5 heteroatoms. The minimum Gasteiger partial charge on any atom is -0.387 e. The molecule has 1 saturated carbocycles. The van der Waals surface area contributed by atoms with E-state index in [1.807, 2.05) is 6.26 Å². The Morgan fingerprint density at radius 2 is 2.25 bits per heavy atom. The first-order valence-electron chi connectivity index (χ1n) is 5.64. The number of hydrogen-bond acceptors (Lipinski definition) is 4. The van der Waals surface area contributed by atoms with Gasteiger partial charge in [0.25, 0.3) is 0 Å². The van der Waals surface area contributed by atoms with Gasteiger partial charge in [-0.3, -0.25) is 4.79 Å². The number of hydrogen-bond donors (Lipinski definition) is 3. The van der Waals surface area contributed by atoms with Crippen molar-refractivity contribution in [2.24, 2.45) is 5.73 Å². The molecule has 0 spiro atoms. The van der Waals surface area contributed by atoms with Crippen LogP contribution in [0, 0.1) is 0 Å². The van der Waals surface area contributed by atoms with Crippen LogP contribution in [0.5, 0.6) is 0 Å². The largest absolute Gasteiger partial charge is 0.387 e. The average Bonchev–Trinajstić information content (AvgIpc) is 2.12. The highest BCUT2D eigenvalue weighted by molar-refractivity contribution is 7.98. The number of thioether (sulfide) groups is 1. The van der Waals surface area contributed by atoms with Gasteiger partial charge in [-0.15, -0.1) is 0 Å². The second kappa shape index (κ2) is 5.38. The maximum Gasteiger partial charge on any atom is 0.221 e. The normalized spacial score (nSPS) is 22.0. The summed E-state index contributed by atoms with van der Waals surface area (Å²) in [7, 11) is 0. The molecule has 1 aliphatic rings. The second-order valence-electron chi connectivity index (χ2n) is 5.10. The molecule has 1 atom stereocenters. The van der Waals surface area contributed by atoms with Crippen molar-refractivity contribution in [1.29, 1.82) is 0 Å². The number of rotatable bonds is 6. The van der Waals surface area contributed by atoms with Crippen LogP contribution < -0.4 is 11.1 Å². The lowest BCUT2D eigenvalue weighted by Crippen LogP contribution is -2.51. The van der Waals surface area contributed by atoms with Crippen LogP contribution in [-0.4, -0.2) is 40.7 Å². The van der Waals surface area contributed by atoms with E-state index in [1.54, 1.807) is 18.7 Å². The molecule has 0 bridgehead atoms. The fourth-order valence-electron chi connectivity index (χ4n) is 1.84. The van der Waals surface area contributed by atoms with Gasteiger partial charge in [0.05, 0.1) is 5.60 Å². The van der Waals surface area contributed by atoms with Crippen molar-refractivity contribution in [1.82, 2.24) is 5.32 Å². The minimum atomic E-state index is -0.837. The van der Waals surface area contributed by atoms with Gasteiger partial charge in [-0.25, -0.2) is 0 Å². The molecule has 1 aliphatic carbocycles. The van der Waals surface area contributed by atoms with Crippen LogP contribution in [-0.2, 0) is 4.79 Å². The predicted octanol–water partition coefficient (Wildman–Crippen LogP) is 0.488. The first-order chi connectivity index (χ1) is 7.37. The van der Waals surface area contributed by atoms with Gasteiger partial charge in [-0.2, -0.15) is 11.8 Å². The highest BCUT2D eigenvalue weighted by Gasteiger charge is 2.34. The van der Waals surface area contributed by atoms with Gasteiger partial charge in [-0.1, -0.05) is 0 Å². The number of nitrogens with one attached hydrogen (secondary N) is 1. The van der Waals surface area contributed by atoms with E-state index < -0.39 is 5.60 Å². The summed E-state index contributed by atoms with van der Waals surface area (Å²) in [5.74, 6) is 0.560. The van der Waals surface area contributed by atoms with E-state index in [-0.39, 0.29) is 11.4 Å². The van der Waals surface area contributed by atoms with Gasteiger partial charge in [0, 0.05) is 24.3 Å². The second-order valence-corrected chi connectivity index (χ2v) is 5.97. The first-order valence-corrected chi connectivity index (χ1v) is 7.03. The maximum absolute atomic E-state index is 11.6. The fraction of sp³-hybridized carbons (Fsp3) is 0.909. The van der Waals surface area contributed by atoms with Gasteiger partial charge in [-0.05, 0) is 32.4 Å². The smallest absolute Gasteiger partial charge is 0.221 e. The number of amides is 1. The van der Waals surface area contributed by atoms with E-state index >= 15 is 0 Å². The van der Waals surface area contributed by atoms with Crippen LogP contribution in [0.4, 0.5) is 0 Å². The molecular formula is C11H22N2O2S. The van der Waals surface area contributed by atoms with Crippen molar-refractivity contribution in [3.8, 4) is 0 Å². The topological polar surface area (TPSA) is 75.3 Å². The summed E-state index contributed by atoms with van der Waals surface area (Å²) < 4.78 is 0. The molecule has 1 rings (SSSR count). The molecule has 1 amide bonds. The van der Waals surface area contributed by atoms with E-state index in [2.05, 4.69) is 5.32 Å². The number of carbonyl (C=O) groups is 1. The van der Waals surface area contributed by atoms with Gasteiger partial charge in [0.2, 0.25) is 5.91 Å². The van der Waals surface area contributed by atoms with Crippen molar-refractivity contribution >= 4 is 17.7 Å². The zero-order valence-electron chi connectivity index (χ0n) is 10.1. The van der Waals surface area contributed by atoms with Gasteiger partial charge >= 0.3 is 0 Å². The summed E-state index contributed by atoms with van der Waals surface area (Å²) in [6.07, 6.45) is 5.29. The lowest BCUT2D eigenvalue weighted by Gasteiger charge is -2.37. The molecule has 4 nitrogen and oxygen atoms in total. The van der Waals surface area contributed by atoms with E-state index in [1.165, 1.54) is 0 Å². The fourth-order valence-corrected chi connectivity index (χ4v) is 2.56. The van der Waals surface area contributed by atoms with E-state index in [0.717, 1.165) is 19.3 Å². The maximum atomic E-state index is 11.6. The zero-order chi connectivity index (χ0) is 12.2. The average molecular weight is 246 g/mol.